The van der Waals surface area contributed by atoms with E-state index < -0.39 is 0 Å². The lowest BCUT2D eigenvalue weighted by atomic mass is 10.2. The van der Waals surface area contributed by atoms with Crippen LogP contribution in [0.3, 0.4) is 0 Å². The minimum Gasteiger partial charge on any atom is -0.496 e. The third-order valence-electron chi connectivity index (χ3n) is 2.33. The summed E-state index contributed by atoms with van der Waals surface area (Å²) in [5, 5.41) is 0.986. The smallest absolute Gasteiger partial charge is 0.122 e. The Balaban J connectivity index is 2.15. The summed E-state index contributed by atoms with van der Waals surface area (Å²) in [7, 11) is 1.69. The molecule has 2 nitrogen and oxygen atoms in total. The molecule has 0 aliphatic rings. The number of thioether (sulfide) groups is 1. The number of hydrogen-bond acceptors (Lipinski definition) is 3. The molecule has 0 amide bonds. The Morgan fingerprint density at radius 1 is 1.28 bits per heavy atom. The number of nitrogens with zero attached hydrogens (tertiary/aromatic N) is 1. The van der Waals surface area contributed by atoms with Gasteiger partial charge in [-0.15, -0.1) is 11.8 Å². The van der Waals surface area contributed by atoms with E-state index in [0.29, 0.717) is 0 Å². The van der Waals surface area contributed by atoms with Gasteiger partial charge in [-0.25, -0.2) is 4.98 Å². The van der Waals surface area contributed by atoms with Gasteiger partial charge in [0.05, 0.1) is 7.11 Å². The number of hydrogen-bond donors (Lipinski definition) is 0. The Bertz CT molecular complexity index is 548. The molecular formula is C13H11Br2NOS. The van der Waals surface area contributed by atoms with Crippen LogP contribution in [0, 0.1) is 0 Å². The molecule has 0 aliphatic carbocycles. The standard InChI is InChI=1S/C13H11Br2NOS/c1-17-12-5-4-10(14)7-9(12)8-18-13-11(15)3-2-6-16-13/h2-7H,8H2,1H3. The second-order valence-electron chi connectivity index (χ2n) is 3.54. The van der Waals surface area contributed by atoms with E-state index in [0.717, 1.165) is 31.0 Å². The molecule has 5 heteroatoms. The third kappa shape index (κ3) is 3.49. The lowest BCUT2D eigenvalue weighted by Gasteiger charge is -2.09. The zero-order valence-electron chi connectivity index (χ0n) is 9.69. The molecule has 0 saturated heterocycles. The molecule has 0 N–H and O–H groups in total. The third-order valence-corrected chi connectivity index (χ3v) is 4.78. The molecule has 0 atom stereocenters. The van der Waals surface area contributed by atoms with Gasteiger partial charge in [-0.2, -0.15) is 0 Å². The highest BCUT2D eigenvalue weighted by Crippen LogP contribution is 2.32. The van der Waals surface area contributed by atoms with Crippen molar-refractivity contribution in [1.29, 1.82) is 0 Å². The van der Waals surface area contributed by atoms with Crippen molar-refractivity contribution in [1.82, 2.24) is 4.98 Å². The summed E-state index contributed by atoms with van der Waals surface area (Å²) < 4.78 is 7.42. The van der Waals surface area contributed by atoms with Crippen LogP contribution in [0.25, 0.3) is 0 Å². The van der Waals surface area contributed by atoms with E-state index in [1.165, 1.54) is 0 Å². The van der Waals surface area contributed by atoms with Gasteiger partial charge < -0.3 is 4.74 Å². The Morgan fingerprint density at radius 2 is 2.11 bits per heavy atom. The summed E-state index contributed by atoms with van der Waals surface area (Å²) >= 11 is 8.65. The van der Waals surface area contributed by atoms with Gasteiger partial charge in [0.1, 0.15) is 10.8 Å². The van der Waals surface area contributed by atoms with Crippen LogP contribution in [0.2, 0.25) is 0 Å². The second-order valence-corrected chi connectivity index (χ2v) is 6.27. The van der Waals surface area contributed by atoms with E-state index in [-0.39, 0.29) is 0 Å². The van der Waals surface area contributed by atoms with Crippen LogP contribution in [0.4, 0.5) is 0 Å². The predicted molar refractivity (Wildman–Crippen MR) is 82.2 cm³/mol. The normalized spacial score (nSPS) is 10.4. The average molecular weight is 389 g/mol. The molecule has 2 aromatic rings. The highest BCUT2D eigenvalue weighted by molar-refractivity contribution is 9.10. The van der Waals surface area contributed by atoms with Gasteiger partial charge in [0, 0.05) is 26.5 Å². The van der Waals surface area contributed by atoms with Crippen molar-refractivity contribution in [3.63, 3.8) is 0 Å². The molecule has 2 rings (SSSR count). The summed E-state index contributed by atoms with van der Waals surface area (Å²) in [5.41, 5.74) is 1.15. The molecule has 0 radical (unpaired) electrons. The highest BCUT2D eigenvalue weighted by atomic mass is 79.9. The quantitative estimate of drug-likeness (QED) is 0.695. The zero-order chi connectivity index (χ0) is 13.0. The topological polar surface area (TPSA) is 22.1 Å². The fraction of sp³-hybridized carbons (Fsp3) is 0.154. The SMILES string of the molecule is COc1ccc(Br)cc1CSc1ncccc1Br. The minimum atomic E-state index is 0.818. The van der Waals surface area contributed by atoms with Crippen LogP contribution in [0.1, 0.15) is 5.56 Å². The molecule has 0 spiro atoms. The van der Waals surface area contributed by atoms with Crippen molar-refractivity contribution in [2.75, 3.05) is 7.11 Å². The van der Waals surface area contributed by atoms with Gasteiger partial charge in [0.2, 0.25) is 0 Å². The van der Waals surface area contributed by atoms with E-state index in [1.807, 2.05) is 24.3 Å². The van der Waals surface area contributed by atoms with E-state index in [1.54, 1.807) is 25.1 Å². The monoisotopic (exact) mass is 387 g/mol. The van der Waals surface area contributed by atoms with E-state index in [9.17, 15) is 0 Å². The number of pyridine rings is 1. The van der Waals surface area contributed by atoms with Gasteiger partial charge in [-0.05, 0) is 46.3 Å². The Labute approximate surface area is 127 Å². The Morgan fingerprint density at radius 3 is 2.83 bits per heavy atom. The number of aromatic nitrogens is 1. The molecule has 0 saturated carbocycles. The van der Waals surface area contributed by atoms with Gasteiger partial charge in [0.25, 0.3) is 0 Å². The molecule has 0 bridgehead atoms. The number of ether oxygens (including phenoxy) is 1. The van der Waals surface area contributed by atoms with Gasteiger partial charge in [-0.1, -0.05) is 15.9 Å². The van der Waals surface area contributed by atoms with E-state index in [2.05, 4.69) is 42.9 Å². The van der Waals surface area contributed by atoms with E-state index >= 15 is 0 Å². The maximum absolute atomic E-state index is 5.35. The van der Waals surface area contributed by atoms with Crippen LogP contribution in [0.15, 0.2) is 50.5 Å². The molecular weight excluding hydrogens is 378 g/mol. The predicted octanol–water partition coefficient (Wildman–Crippen LogP) is 4.91. The first kappa shape index (κ1) is 13.9. The summed E-state index contributed by atoms with van der Waals surface area (Å²) in [4.78, 5) is 4.33. The molecule has 1 aromatic heterocycles. The first-order chi connectivity index (χ1) is 8.70. The zero-order valence-corrected chi connectivity index (χ0v) is 13.7. The molecule has 0 unspecified atom stereocenters. The minimum absolute atomic E-state index is 0.818. The van der Waals surface area contributed by atoms with Crippen LogP contribution >= 0.6 is 43.6 Å². The van der Waals surface area contributed by atoms with Gasteiger partial charge >= 0.3 is 0 Å². The van der Waals surface area contributed by atoms with Gasteiger partial charge in [0.15, 0.2) is 0 Å². The molecule has 18 heavy (non-hydrogen) atoms. The van der Waals surface area contributed by atoms with Crippen molar-refractivity contribution < 1.29 is 4.74 Å². The van der Waals surface area contributed by atoms with Crippen LogP contribution < -0.4 is 4.74 Å². The Kier molecular flexibility index (Phi) is 5.09. The van der Waals surface area contributed by atoms with Crippen molar-refractivity contribution in [2.45, 2.75) is 10.8 Å². The second kappa shape index (κ2) is 6.59. The fourth-order valence-corrected chi connectivity index (χ4v) is 3.35. The average Bonchev–Trinajstić information content (AvgIpc) is 2.38. The molecule has 1 heterocycles. The van der Waals surface area contributed by atoms with Crippen LogP contribution in [-0.2, 0) is 5.75 Å². The van der Waals surface area contributed by atoms with Gasteiger partial charge in [-0.3, -0.25) is 0 Å². The lowest BCUT2D eigenvalue weighted by Crippen LogP contribution is -1.91. The van der Waals surface area contributed by atoms with Crippen molar-refractivity contribution >= 4 is 43.6 Å². The first-order valence-corrected chi connectivity index (χ1v) is 7.83. The van der Waals surface area contributed by atoms with Crippen molar-refractivity contribution in [2.24, 2.45) is 0 Å². The maximum Gasteiger partial charge on any atom is 0.122 e. The van der Waals surface area contributed by atoms with Crippen LogP contribution in [0.5, 0.6) is 5.75 Å². The molecule has 94 valence electrons. The maximum atomic E-state index is 5.35. The number of benzene rings is 1. The molecule has 1 aromatic carbocycles. The molecule has 0 fully saturated rings. The lowest BCUT2D eigenvalue weighted by molar-refractivity contribution is 0.411. The highest BCUT2D eigenvalue weighted by Gasteiger charge is 2.07. The van der Waals surface area contributed by atoms with E-state index in [4.69, 9.17) is 4.74 Å². The number of halogens is 2. The summed E-state index contributed by atoms with van der Waals surface area (Å²) in [6, 6.07) is 9.92. The first-order valence-electron chi connectivity index (χ1n) is 5.26. The number of methoxy groups -OCH3 is 1. The van der Waals surface area contributed by atoms with Crippen molar-refractivity contribution in [3.05, 3.63) is 51.0 Å². The summed E-state index contributed by atoms with van der Waals surface area (Å²) in [5.74, 6) is 1.72. The number of rotatable bonds is 4. The summed E-state index contributed by atoms with van der Waals surface area (Å²) in [6.07, 6.45) is 1.80. The fourth-order valence-electron chi connectivity index (χ4n) is 1.48. The Hall–Kier alpha value is -0.520. The summed E-state index contributed by atoms with van der Waals surface area (Å²) in [6.45, 7) is 0. The largest absolute Gasteiger partial charge is 0.496 e. The molecule has 0 aliphatic heterocycles. The van der Waals surface area contributed by atoms with Crippen LogP contribution in [-0.4, -0.2) is 12.1 Å². The van der Waals surface area contributed by atoms with Crippen molar-refractivity contribution in [3.8, 4) is 5.75 Å².